The van der Waals surface area contributed by atoms with Crippen molar-refractivity contribution in [1.82, 2.24) is 9.38 Å². The summed E-state index contributed by atoms with van der Waals surface area (Å²) in [5.41, 5.74) is 5.62. The van der Waals surface area contributed by atoms with Gasteiger partial charge in [0.2, 0.25) is 0 Å². The predicted molar refractivity (Wildman–Crippen MR) is 79.1 cm³/mol. The maximum Gasteiger partial charge on any atom is 0.267 e. The van der Waals surface area contributed by atoms with Crippen molar-refractivity contribution in [2.75, 3.05) is 0 Å². The van der Waals surface area contributed by atoms with E-state index >= 15 is 0 Å². The van der Waals surface area contributed by atoms with Crippen molar-refractivity contribution in [3.05, 3.63) is 64.9 Å². The Labute approximate surface area is 134 Å². The van der Waals surface area contributed by atoms with Gasteiger partial charge in [0.15, 0.2) is 23.0 Å². The van der Waals surface area contributed by atoms with Crippen LogP contribution in [-0.4, -0.2) is 15.3 Å². The van der Waals surface area contributed by atoms with Gasteiger partial charge in [-0.05, 0) is 31.2 Å². The Hall–Kier alpha value is -3.03. The lowest BCUT2D eigenvalue weighted by molar-refractivity contribution is 0.0994. The number of carbonyl (C=O) groups is 1. The van der Waals surface area contributed by atoms with E-state index in [1.807, 2.05) is 0 Å². The highest BCUT2D eigenvalue weighted by molar-refractivity contribution is 5.93. The van der Waals surface area contributed by atoms with Gasteiger partial charge >= 0.3 is 0 Å². The molecule has 0 fully saturated rings. The topological polar surface area (TPSA) is 69.6 Å². The van der Waals surface area contributed by atoms with Gasteiger partial charge in [0.25, 0.3) is 5.91 Å². The highest BCUT2D eigenvalue weighted by Gasteiger charge is 2.18. The Morgan fingerprint density at radius 1 is 1.25 bits per heavy atom. The van der Waals surface area contributed by atoms with Crippen molar-refractivity contribution >= 4 is 11.6 Å². The molecule has 1 aromatic carbocycles. The first kappa shape index (κ1) is 15.9. The molecular formula is C16H12F3N3O2. The molecule has 0 bridgehead atoms. The molecule has 3 aromatic rings. The summed E-state index contributed by atoms with van der Waals surface area (Å²) in [4.78, 5) is 15.7. The number of ether oxygens (including phenoxy) is 1. The van der Waals surface area contributed by atoms with Gasteiger partial charge in [-0.1, -0.05) is 0 Å². The fraction of sp³-hybridized carbons (Fsp3) is 0.125. The molecule has 0 aliphatic rings. The molecular weight excluding hydrogens is 323 g/mol. The Morgan fingerprint density at radius 2 is 1.96 bits per heavy atom. The third-order valence-corrected chi connectivity index (χ3v) is 3.53. The maximum atomic E-state index is 13.7. The number of benzene rings is 1. The number of carbonyl (C=O) groups excluding carboxylic acids is 1. The lowest BCUT2D eigenvalue weighted by Gasteiger charge is -2.09. The van der Waals surface area contributed by atoms with E-state index in [4.69, 9.17) is 10.5 Å². The van der Waals surface area contributed by atoms with E-state index in [1.165, 1.54) is 10.5 Å². The number of hydrogen-bond donors (Lipinski definition) is 1. The largest absolute Gasteiger partial charge is 0.485 e. The van der Waals surface area contributed by atoms with E-state index in [2.05, 4.69) is 4.98 Å². The van der Waals surface area contributed by atoms with Crippen LogP contribution in [0, 0.1) is 24.4 Å². The number of nitrogens with zero attached hydrogens (tertiary/aromatic N) is 2. The second kappa shape index (κ2) is 5.88. The van der Waals surface area contributed by atoms with Gasteiger partial charge in [-0.2, -0.15) is 0 Å². The number of halogens is 3. The van der Waals surface area contributed by atoms with E-state index in [9.17, 15) is 18.0 Å². The molecule has 2 heterocycles. The summed E-state index contributed by atoms with van der Waals surface area (Å²) in [6, 6.07) is 4.60. The normalized spacial score (nSPS) is 11.0. The van der Waals surface area contributed by atoms with Crippen LogP contribution in [0.3, 0.4) is 0 Å². The number of amides is 1. The summed E-state index contributed by atoms with van der Waals surface area (Å²) in [6.07, 6.45) is 1.56. The summed E-state index contributed by atoms with van der Waals surface area (Å²) in [6.45, 7) is 1.07. The fourth-order valence-corrected chi connectivity index (χ4v) is 2.42. The van der Waals surface area contributed by atoms with Gasteiger partial charge in [-0.3, -0.25) is 9.20 Å². The number of aryl methyl sites for hydroxylation is 1. The number of nitrogens with two attached hydrogens (primary N) is 1. The molecule has 2 N–H and O–H groups in total. The Bertz CT molecular complexity index is 953. The van der Waals surface area contributed by atoms with E-state index in [1.54, 1.807) is 19.2 Å². The van der Waals surface area contributed by atoms with Crippen LogP contribution < -0.4 is 10.5 Å². The molecule has 24 heavy (non-hydrogen) atoms. The van der Waals surface area contributed by atoms with Gasteiger partial charge in [0.05, 0.1) is 11.3 Å². The molecule has 3 rings (SSSR count). The van der Waals surface area contributed by atoms with Crippen molar-refractivity contribution in [1.29, 1.82) is 0 Å². The summed E-state index contributed by atoms with van der Waals surface area (Å²) in [5.74, 6) is -3.88. The first-order valence-electron chi connectivity index (χ1n) is 6.92. The summed E-state index contributed by atoms with van der Waals surface area (Å²) >= 11 is 0. The van der Waals surface area contributed by atoms with Crippen LogP contribution in [0.4, 0.5) is 13.2 Å². The van der Waals surface area contributed by atoms with Crippen LogP contribution in [0.1, 0.15) is 21.7 Å². The third-order valence-electron chi connectivity index (χ3n) is 3.53. The number of pyridine rings is 1. The summed E-state index contributed by atoms with van der Waals surface area (Å²) < 4.78 is 47.4. The number of primary amides is 1. The second-order valence-corrected chi connectivity index (χ2v) is 5.09. The van der Waals surface area contributed by atoms with Gasteiger partial charge in [0, 0.05) is 6.20 Å². The summed E-state index contributed by atoms with van der Waals surface area (Å²) in [5, 5.41) is 0. The van der Waals surface area contributed by atoms with Crippen molar-refractivity contribution in [3.8, 4) is 5.75 Å². The monoisotopic (exact) mass is 335 g/mol. The molecule has 0 unspecified atom stereocenters. The predicted octanol–water partition coefficient (Wildman–Crippen LogP) is 2.74. The van der Waals surface area contributed by atoms with Crippen LogP contribution in [0.25, 0.3) is 5.65 Å². The van der Waals surface area contributed by atoms with Crippen LogP contribution in [-0.2, 0) is 6.61 Å². The molecule has 1 amide bonds. The first-order chi connectivity index (χ1) is 11.4. The second-order valence-electron chi connectivity index (χ2n) is 5.09. The van der Waals surface area contributed by atoms with Crippen LogP contribution in [0.5, 0.6) is 5.75 Å². The standard InChI is InChI=1S/C16H12F3N3O2/c1-8-14(15(20)23)22-6-2-3-12(16(22)21-8)24-7-9-10(17)4-5-11(18)13(9)19/h2-6H,7H2,1H3,(H2,20,23). The highest BCUT2D eigenvalue weighted by atomic mass is 19.2. The lowest BCUT2D eigenvalue weighted by Crippen LogP contribution is -2.15. The smallest absolute Gasteiger partial charge is 0.267 e. The zero-order chi connectivity index (χ0) is 17.4. The number of fused-ring (bicyclic) bond motifs is 1. The molecule has 2 aromatic heterocycles. The molecule has 5 nitrogen and oxygen atoms in total. The summed E-state index contributed by atoms with van der Waals surface area (Å²) in [7, 11) is 0. The van der Waals surface area contributed by atoms with Gasteiger partial charge in [0.1, 0.15) is 18.1 Å². The molecule has 0 saturated heterocycles. The van der Waals surface area contributed by atoms with Crippen molar-refractivity contribution in [2.45, 2.75) is 13.5 Å². The molecule has 0 saturated carbocycles. The minimum Gasteiger partial charge on any atom is -0.485 e. The van der Waals surface area contributed by atoms with Crippen molar-refractivity contribution < 1.29 is 22.7 Å². The molecule has 8 heteroatoms. The Balaban J connectivity index is 1.99. The SMILES string of the molecule is Cc1nc2c(OCc3c(F)ccc(F)c3F)cccn2c1C(N)=O. The van der Waals surface area contributed by atoms with Gasteiger partial charge in [-0.25, -0.2) is 18.2 Å². The minimum atomic E-state index is -1.31. The number of rotatable bonds is 4. The Kier molecular flexibility index (Phi) is 3.88. The molecule has 0 spiro atoms. The lowest BCUT2D eigenvalue weighted by atomic mass is 10.2. The van der Waals surface area contributed by atoms with Crippen LogP contribution in [0.2, 0.25) is 0 Å². The molecule has 0 aliphatic heterocycles. The highest BCUT2D eigenvalue weighted by Crippen LogP contribution is 2.24. The number of imidazole rings is 1. The molecule has 0 aliphatic carbocycles. The fourth-order valence-electron chi connectivity index (χ4n) is 2.42. The zero-order valence-corrected chi connectivity index (χ0v) is 12.5. The van der Waals surface area contributed by atoms with Gasteiger partial charge in [-0.15, -0.1) is 0 Å². The number of aromatic nitrogens is 2. The molecule has 0 radical (unpaired) electrons. The maximum absolute atomic E-state index is 13.7. The Morgan fingerprint density at radius 3 is 2.67 bits per heavy atom. The zero-order valence-electron chi connectivity index (χ0n) is 12.5. The quantitative estimate of drug-likeness (QED) is 0.745. The average molecular weight is 335 g/mol. The first-order valence-corrected chi connectivity index (χ1v) is 6.92. The average Bonchev–Trinajstić information content (AvgIpc) is 2.88. The van der Waals surface area contributed by atoms with Gasteiger partial charge < -0.3 is 10.5 Å². The molecule has 124 valence electrons. The minimum absolute atomic E-state index is 0.177. The van der Waals surface area contributed by atoms with E-state index in [0.717, 1.165) is 6.07 Å². The van der Waals surface area contributed by atoms with Crippen molar-refractivity contribution in [2.24, 2.45) is 5.73 Å². The van der Waals surface area contributed by atoms with E-state index < -0.39 is 35.5 Å². The van der Waals surface area contributed by atoms with E-state index in [0.29, 0.717) is 11.8 Å². The van der Waals surface area contributed by atoms with Crippen molar-refractivity contribution in [3.63, 3.8) is 0 Å². The van der Waals surface area contributed by atoms with E-state index in [-0.39, 0.29) is 17.1 Å². The third kappa shape index (κ3) is 2.55. The number of hydrogen-bond acceptors (Lipinski definition) is 3. The van der Waals surface area contributed by atoms with Crippen LogP contribution in [0.15, 0.2) is 30.5 Å². The van der Waals surface area contributed by atoms with Crippen LogP contribution >= 0.6 is 0 Å². The molecule has 0 atom stereocenters.